The van der Waals surface area contributed by atoms with Crippen LogP contribution in [0.3, 0.4) is 0 Å². The van der Waals surface area contributed by atoms with Gasteiger partial charge in [-0.1, -0.05) is 188 Å². The summed E-state index contributed by atoms with van der Waals surface area (Å²) >= 11 is 0. The minimum absolute atomic E-state index is 0.303. The van der Waals surface area contributed by atoms with E-state index in [4.69, 9.17) is 13.3 Å². The maximum Gasteiger partial charge on any atom is 0.265 e. The molecule has 18 aromatic rings. The largest absolute Gasteiger partial charge is 0.456 e. The summed E-state index contributed by atoms with van der Waals surface area (Å²) in [6.45, 7) is 0. The molecule has 0 fully saturated rings. The van der Waals surface area contributed by atoms with Crippen molar-refractivity contribution in [2.24, 2.45) is 0 Å². The summed E-state index contributed by atoms with van der Waals surface area (Å²) in [5.74, 6) is -1.83. The molecule has 0 spiro atoms. The zero-order valence-electron chi connectivity index (χ0n) is 54.0. The second-order valence-electron chi connectivity index (χ2n) is 25.4. The molecule has 480 valence electrons. The fraction of sp³-hybridized carbons (Fsp3) is 0. The molecule has 0 aliphatic carbocycles. The number of fused-ring (bicyclic) bond motifs is 9. The Bertz CT molecular complexity index is 6590. The average molecular weight is 1320 g/mol. The smallest absolute Gasteiger partial charge is 0.265 e. The van der Waals surface area contributed by atoms with Gasteiger partial charge < -0.3 is 13.3 Å². The number of benzene rings is 15. The fourth-order valence-corrected chi connectivity index (χ4v) is 15.2. The van der Waals surface area contributed by atoms with Crippen LogP contribution in [0.2, 0.25) is 0 Å². The molecule has 6 amide bonds. The van der Waals surface area contributed by atoms with Gasteiger partial charge in [0, 0.05) is 81.9 Å². The molecule has 0 saturated heterocycles. The highest BCUT2D eigenvalue weighted by Gasteiger charge is 2.38. The first-order valence-corrected chi connectivity index (χ1v) is 33.4. The van der Waals surface area contributed by atoms with Gasteiger partial charge in [-0.2, -0.15) is 0 Å². The Hall–Kier alpha value is -14.1. The molecule has 3 aliphatic rings. The van der Waals surface area contributed by atoms with Crippen LogP contribution in [0.5, 0.6) is 0 Å². The topological polar surface area (TPSA) is 152 Å². The number of nitrogens with zero attached hydrogens (tertiary/aromatic N) is 3. The van der Waals surface area contributed by atoms with Gasteiger partial charge in [0.05, 0.1) is 17.1 Å². The highest BCUT2D eigenvalue weighted by atomic mass is 16.3. The van der Waals surface area contributed by atoms with Gasteiger partial charge in [0.15, 0.2) is 0 Å². The highest BCUT2D eigenvalue weighted by Crippen LogP contribution is 2.46. The van der Waals surface area contributed by atoms with Crippen molar-refractivity contribution < 1.29 is 42.0 Å². The summed E-state index contributed by atoms with van der Waals surface area (Å²) in [6, 6.07) is 97.8. The molecule has 0 atom stereocenters. The van der Waals surface area contributed by atoms with Crippen LogP contribution >= 0.6 is 0 Å². The maximum atomic E-state index is 13.5. The first-order chi connectivity index (χ1) is 50.1. The second-order valence-corrected chi connectivity index (χ2v) is 25.4. The van der Waals surface area contributed by atoms with E-state index in [1.165, 1.54) is 14.7 Å². The Kier molecular flexibility index (Phi) is 13.5. The van der Waals surface area contributed by atoms with E-state index >= 15 is 0 Å². The van der Waals surface area contributed by atoms with Crippen LogP contribution in [0.15, 0.2) is 323 Å². The summed E-state index contributed by atoms with van der Waals surface area (Å²) in [6.07, 6.45) is 0. The number of amides is 6. The molecule has 102 heavy (non-hydrogen) atoms. The van der Waals surface area contributed by atoms with E-state index in [0.717, 1.165) is 115 Å². The van der Waals surface area contributed by atoms with Crippen molar-refractivity contribution in [2.45, 2.75) is 0 Å². The molecule has 21 rings (SSSR count). The summed E-state index contributed by atoms with van der Waals surface area (Å²) in [5, 5.41) is 11.1. The minimum atomic E-state index is -0.307. The first kappa shape index (κ1) is 59.2. The Morgan fingerprint density at radius 2 is 0.480 bits per heavy atom. The van der Waals surface area contributed by atoms with Crippen LogP contribution in [0.1, 0.15) is 62.1 Å². The van der Waals surface area contributed by atoms with Crippen LogP contribution in [-0.4, -0.2) is 35.4 Å². The molecule has 0 unspecified atom stereocenters. The van der Waals surface area contributed by atoms with Crippen molar-refractivity contribution in [1.82, 2.24) is 0 Å². The predicted molar refractivity (Wildman–Crippen MR) is 403 cm³/mol. The highest BCUT2D eigenvalue weighted by molar-refractivity contribution is 6.39. The molecule has 6 heterocycles. The summed E-state index contributed by atoms with van der Waals surface area (Å²) in [7, 11) is 0. The van der Waals surface area contributed by atoms with E-state index in [0.29, 0.717) is 66.6 Å². The maximum absolute atomic E-state index is 13.5. The van der Waals surface area contributed by atoms with Crippen LogP contribution in [0, 0.1) is 0 Å². The number of anilines is 3. The summed E-state index contributed by atoms with van der Waals surface area (Å²) in [5.41, 5.74) is 15.8. The number of hydrogen-bond donors (Lipinski definition) is 0. The van der Waals surface area contributed by atoms with Crippen molar-refractivity contribution in [3.05, 3.63) is 343 Å². The van der Waals surface area contributed by atoms with E-state index in [1.54, 1.807) is 54.6 Å². The normalized spacial score (nSPS) is 13.4. The zero-order chi connectivity index (χ0) is 68.4. The Morgan fingerprint density at radius 3 is 0.971 bits per heavy atom. The third kappa shape index (κ3) is 9.17. The zero-order valence-corrected chi connectivity index (χ0v) is 54.0. The summed E-state index contributed by atoms with van der Waals surface area (Å²) < 4.78 is 18.2. The van der Waals surface area contributed by atoms with Gasteiger partial charge in [0.1, 0.15) is 33.5 Å². The molecule has 0 N–H and O–H groups in total. The van der Waals surface area contributed by atoms with Crippen LogP contribution in [0.4, 0.5) is 17.1 Å². The van der Waals surface area contributed by atoms with Crippen molar-refractivity contribution >= 4 is 151 Å². The molecule has 12 nitrogen and oxygen atoms in total. The Balaban J connectivity index is 0.000000106. The van der Waals surface area contributed by atoms with E-state index < -0.39 is 0 Å². The number of imide groups is 3. The number of carbonyl (C=O) groups excluding carboxylic acids is 6. The van der Waals surface area contributed by atoms with Crippen molar-refractivity contribution in [3.63, 3.8) is 0 Å². The number of rotatable bonds is 6. The van der Waals surface area contributed by atoms with Crippen LogP contribution < -0.4 is 14.7 Å². The van der Waals surface area contributed by atoms with Crippen LogP contribution in [-0.2, 0) is 0 Å². The van der Waals surface area contributed by atoms with Crippen molar-refractivity contribution in [2.75, 3.05) is 14.7 Å². The fourth-order valence-electron chi connectivity index (χ4n) is 15.2. The quantitative estimate of drug-likeness (QED) is 0.148. The lowest BCUT2D eigenvalue weighted by atomic mass is 9.88. The van der Waals surface area contributed by atoms with E-state index in [9.17, 15) is 28.8 Å². The van der Waals surface area contributed by atoms with Gasteiger partial charge in [-0.25, -0.2) is 14.7 Å². The Labute approximate surface area is 580 Å². The molecule has 0 bridgehead atoms. The molecular weight excluding hydrogens is 1270 g/mol. The van der Waals surface area contributed by atoms with Crippen LogP contribution in [0.25, 0.3) is 132 Å². The lowest BCUT2D eigenvalue weighted by Crippen LogP contribution is -2.40. The molecule has 3 aromatic heterocycles. The monoisotopic (exact) mass is 1320 g/mol. The standard InChI is InChI=1S/3C30H17NO3/c32-29-23-13-6-11-20-19(21-12-7-15-26-28(21)22-10-4-5-14-25(22)34-26)16-17-24(27(20)23)30(33)31(29)18-8-2-1-3-9-18;32-29-23-11-6-10-22-20(18-13-16-27-25(17-18)21-9-4-5-12-26(21)34-27)14-15-24(28(22)23)30(33)31(29)19-7-2-1-3-8-19;32-29-24-11-6-10-23-20(18-13-14-22-21-9-4-5-12-26(21)34-27(22)17-18)15-16-25(28(23)24)30(33)31(29)19-7-2-1-3-8-19/h3*1-17H. The molecular formula is C90H51N3O9. The lowest BCUT2D eigenvalue weighted by Gasteiger charge is -2.28. The van der Waals surface area contributed by atoms with Gasteiger partial charge in [-0.15, -0.1) is 0 Å². The Morgan fingerprint density at radius 1 is 0.176 bits per heavy atom. The molecule has 15 aromatic carbocycles. The molecule has 0 radical (unpaired) electrons. The lowest BCUT2D eigenvalue weighted by molar-refractivity contribution is 0.0877. The van der Waals surface area contributed by atoms with Gasteiger partial charge >= 0.3 is 0 Å². The van der Waals surface area contributed by atoms with Gasteiger partial charge in [0.25, 0.3) is 35.4 Å². The number of furan rings is 3. The number of para-hydroxylation sites is 6. The van der Waals surface area contributed by atoms with E-state index in [-0.39, 0.29) is 35.4 Å². The first-order valence-electron chi connectivity index (χ1n) is 33.4. The third-order valence-electron chi connectivity index (χ3n) is 19.8. The predicted octanol–water partition coefficient (Wildman–Crippen LogP) is 21.6. The average Bonchev–Trinajstić information content (AvgIpc) is 0.745. The van der Waals surface area contributed by atoms with E-state index in [2.05, 4.69) is 42.5 Å². The number of hydrogen-bond acceptors (Lipinski definition) is 9. The van der Waals surface area contributed by atoms with Gasteiger partial charge in [0.2, 0.25) is 0 Å². The number of carbonyl (C=O) groups is 6. The molecule has 3 aliphatic heterocycles. The second kappa shape index (κ2) is 23.3. The van der Waals surface area contributed by atoms with Crippen molar-refractivity contribution in [3.8, 4) is 33.4 Å². The van der Waals surface area contributed by atoms with Gasteiger partial charge in [-0.05, 0) is 171 Å². The summed E-state index contributed by atoms with van der Waals surface area (Å²) in [4.78, 5) is 84.5. The SMILES string of the molecule is O=C1c2cccc3c(-c4ccc5c(c4)oc4ccccc45)ccc(c23)C(=O)N1c1ccccc1.O=C1c2cccc3c(-c4ccc5oc6ccccc6c5c4)ccc(c23)C(=O)N1c1ccccc1.O=C1c2cccc3c(-c4cccc5oc6ccccc6c45)ccc(c23)C(=O)N1c1ccccc1. The van der Waals surface area contributed by atoms with Gasteiger partial charge in [-0.3, -0.25) is 28.8 Å². The molecule has 0 saturated carbocycles. The molecule has 12 heteroatoms. The minimum Gasteiger partial charge on any atom is -0.456 e. The third-order valence-corrected chi connectivity index (χ3v) is 19.8. The van der Waals surface area contributed by atoms with E-state index in [1.807, 2.05) is 212 Å². The van der Waals surface area contributed by atoms with Crippen molar-refractivity contribution in [1.29, 1.82) is 0 Å².